The van der Waals surface area contributed by atoms with Crippen molar-refractivity contribution in [1.29, 1.82) is 5.26 Å². The number of aryl methyl sites for hydroxylation is 1. The zero-order chi connectivity index (χ0) is 13.8. The summed E-state index contributed by atoms with van der Waals surface area (Å²) in [4.78, 5) is 0. The normalized spacial score (nSPS) is 12.9. The molecular weight excluding hydrogens is 309 g/mol. The van der Waals surface area contributed by atoms with Crippen molar-refractivity contribution in [3.05, 3.63) is 28.2 Å². The van der Waals surface area contributed by atoms with Gasteiger partial charge in [0.25, 0.3) is 0 Å². The van der Waals surface area contributed by atoms with Gasteiger partial charge in [0.15, 0.2) is 5.92 Å². The Balaban J connectivity index is 2.78. The molecule has 0 radical (unpaired) electrons. The fourth-order valence-electron chi connectivity index (χ4n) is 1.47. The van der Waals surface area contributed by atoms with Crippen LogP contribution in [0.3, 0.4) is 0 Å². The van der Waals surface area contributed by atoms with Crippen LogP contribution in [0.15, 0.2) is 22.7 Å². The number of alkyl halides is 3. The molecule has 0 saturated heterocycles. The topological polar surface area (TPSA) is 35.8 Å². The third-order valence-electron chi connectivity index (χ3n) is 2.50. The first kappa shape index (κ1) is 14.8. The Bertz CT molecular complexity index is 452. The average Bonchev–Trinajstić information content (AvgIpc) is 2.29. The van der Waals surface area contributed by atoms with E-state index in [1.165, 1.54) is 6.07 Å². The number of anilines is 1. The molecule has 98 valence electrons. The van der Waals surface area contributed by atoms with Crippen LogP contribution in [0.5, 0.6) is 0 Å². The Hall–Kier alpha value is -1.22. The highest BCUT2D eigenvalue weighted by atomic mass is 79.9. The van der Waals surface area contributed by atoms with Crippen LogP contribution in [0.2, 0.25) is 0 Å². The average molecular weight is 321 g/mol. The first-order valence-electron chi connectivity index (χ1n) is 5.37. The minimum atomic E-state index is -4.50. The molecule has 1 unspecified atom stereocenters. The number of hydrogen-bond donors (Lipinski definition) is 1. The summed E-state index contributed by atoms with van der Waals surface area (Å²) < 4.78 is 38.1. The van der Waals surface area contributed by atoms with Crippen LogP contribution < -0.4 is 5.32 Å². The molecule has 0 heterocycles. The SMILES string of the molecule is CCc1cc(Br)ccc1NCC(C#N)C(F)(F)F. The molecule has 0 aliphatic rings. The molecule has 18 heavy (non-hydrogen) atoms. The summed E-state index contributed by atoms with van der Waals surface area (Å²) >= 11 is 3.30. The molecule has 1 rings (SSSR count). The Morgan fingerprint density at radius 3 is 2.61 bits per heavy atom. The van der Waals surface area contributed by atoms with Gasteiger partial charge < -0.3 is 5.32 Å². The first-order chi connectivity index (χ1) is 8.38. The summed E-state index contributed by atoms with van der Waals surface area (Å²) in [6.45, 7) is 1.48. The molecule has 0 spiro atoms. The van der Waals surface area contributed by atoms with E-state index < -0.39 is 18.6 Å². The maximum Gasteiger partial charge on any atom is 0.406 e. The number of nitrogens with zero attached hydrogens (tertiary/aromatic N) is 1. The van der Waals surface area contributed by atoms with Crippen molar-refractivity contribution >= 4 is 21.6 Å². The predicted octanol–water partition coefficient (Wildman–Crippen LogP) is 4.13. The van der Waals surface area contributed by atoms with Crippen LogP contribution in [-0.2, 0) is 6.42 Å². The van der Waals surface area contributed by atoms with Crippen LogP contribution in [0.1, 0.15) is 12.5 Å². The highest BCUT2D eigenvalue weighted by Crippen LogP contribution is 2.27. The maximum absolute atomic E-state index is 12.4. The standard InChI is InChI=1S/C12H12BrF3N2/c1-2-8-5-10(13)3-4-11(8)18-7-9(6-17)12(14,15)16/h3-5,9,18H,2,7H2,1H3. The quantitative estimate of drug-likeness (QED) is 0.905. The summed E-state index contributed by atoms with van der Waals surface area (Å²) in [5, 5.41) is 11.2. The van der Waals surface area contributed by atoms with Gasteiger partial charge in [-0.2, -0.15) is 18.4 Å². The van der Waals surface area contributed by atoms with Gasteiger partial charge in [0.05, 0.1) is 6.07 Å². The molecule has 1 atom stereocenters. The summed E-state index contributed by atoms with van der Waals surface area (Å²) in [7, 11) is 0. The Labute approximate surface area is 112 Å². The molecule has 6 heteroatoms. The second-order valence-corrected chi connectivity index (χ2v) is 4.67. The van der Waals surface area contributed by atoms with Crippen LogP contribution >= 0.6 is 15.9 Å². The van der Waals surface area contributed by atoms with Gasteiger partial charge >= 0.3 is 6.18 Å². The van der Waals surface area contributed by atoms with Crippen LogP contribution in [0, 0.1) is 17.2 Å². The van der Waals surface area contributed by atoms with Crippen LogP contribution in [-0.4, -0.2) is 12.7 Å². The number of hydrogen-bond acceptors (Lipinski definition) is 2. The maximum atomic E-state index is 12.4. The second-order valence-electron chi connectivity index (χ2n) is 3.76. The minimum Gasteiger partial charge on any atom is -0.383 e. The zero-order valence-electron chi connectivity index (χ0n) is 9.68. The highest BCUT2D eigenvalue weighted by molar-refractivity contribution is 9.10. The summed E-state index contributed by atoms with van der Waals surface area (Å²) in [5.74, 6) is -1.99. The van der Waals surface area contributed by atoms with Gasteiger partial charge in [-0.3, -0.25) is 0 Å². The molecule has 0 fully saturated rings. The number of rotatable bonds is 4. The lowest BCUT2D eigenvalue weighted by atomic mass is 10.1. The molecule has 0 aliphatic carbocycles. The van der Waals surface area contributed by atoms with E-state index >= 15 is 0 Å². The molecule has 0 saturated carbocycles. The van der Waals surface area contributed by atoms with E-state index in [0.29, 0.717) is 12.1 Å². The number of benzene rings is 1. The van der Waals surface area contributed by atoms with Crippen molar-refractivity contribution < 1.29 is 13.2 Å². The molecule has 2 nitrogen and oxygen atoms in total. The third-order valence-corrected chi connectivity index (χ3v) is 2.99. The zero-order valence-corrected chi connectivity index (χ0v) is 11.3. The van der Waals surface area contributed by atoms with Gasteiger partial charge in [0.2, 0.25) is 0 Å². The van der Waals surface area contributed by atoms with E-state index in [1.807, 2.05) is 13.0 Å². The van der Waals surface area contributed by atoms with E-state index in [0.717, 1.165) is 10.0 Å². The fourth-order valence-corrected chi connectivity index (χ4v) is 1.88. The van der Waals surface area contributed by atoms with Gasteiger partial charge in [-0.15, -0.1) is 0 Å². The monoisotopic (exact) mass is 320 g/mol. The molecule has 1 N–H and O–H groups in total. The minimum absolute atomic E-state index is 0.436. The van der Waals surface area contributed by atoms with E-state index in [4.69, 9.17) is 5.26 Å². The van der Waals surface area contributed by atoms with Crippen molar-refractivity contribution in [2.45, 2.75) is 19.5 Å². The Morgan fingerprint density at radius 2 is 2.11 bits per heavy atom. The Kier molecular flexibility index (Phi) is 5.03. The summed E-state index contributed by atoms with van der Waals surface area (Å²) in [5.41, 5.74) is 1.54. The molecule has 0 bridgehead atoms. The van der Waals surface area contributed by atoms with E-state index in [-0.39, 0.29) is 0 Å². The van der Waals surface area contributed by atoms with E-state index in [9.17, 15) is 13.2 Å². The van der Waals surface area contributed by atoms with Gasteiger partial charge in [0, 0.05) is 16.7 Å². The third kappa shape index (κ3) is 3.91. The lowest BCUT2D eigenvalue weighted by molar-refractivity contribution is -0.155. The second kappa shape index (κ2) is 6.10. The number of nitrogens with one attached hydrogen (secondary N) is 1. The van der Waals surface area contributed by atoms with Crippen molar-refractivity contribution in [3.8, 4) is 6.07 Å². The van der Waals surface area contributed by atoms with Gasteiger partial charge in [-0.25, -0.2) is 0 Å². The lowest BCUT2D eigenvalue weighted by Gasteiger charge is -2.16. The van der Waals surface area contributed by atoms with Crippen molar-refractivity contribution in [2.24, 2.45) is 5.92 Å². The molecule has 1 aromatic carbocycles. The van der Waals surface area contributed by atoms with Gasteiger partial charge in [0.1, 0.15) is 0 Å². The van der Waals surface area contributed by atoms with Gasteiger partial charge in [-0.05, 0) is 30.2 Å². The predicted molar refractivity (Wildman–Crippen MR) is 67.2 cm³/mol. The van der Waals surface area contributed by atoms with Crippen molar-refractivity contribution in [1.82, 2.24) is 0 Å². The van der Waals surface area contributed by atoms with Gasteiger partial charge in [-0.1, -0.05) is 22.9 Å². The largest absolute Gasteiger partial charge is 0.406 e. The van der Waals surface area contributed by atoms with Crippen molar-refractivity contribution in [3.63, 3.8) is 0 Å². The highest BCUT2D eigenvalue weighted by Gasteiger charge is 2.39. The number of halogens is 4. The Morgan fingerprint density at radius 1 is 1.44 bits per heavy atom. The summed E-state index contributed by atoms with van der Waals surface area (Å²) in [6, 6.07) is 6.56. The first-order valence-corrected chi connectivity index (χ1v) is 6.16. The molecular formula is C12H12BrF3N2. The molecule has 0 amide bonds. The van der Waals surface area contributed by atoms with Crippen LogP contribution in [0.25, 0.3) is 0 Å². The van der Waals surface area contributed by atoms with Crippen molar-refractivity contribution in [2.75, 3.05) is 11.9 Å². The fraction of sp³-hybridized carbons (Fsp3) is 0.417. The molecule has 0 aliphatic heterocycles. The van der Waals surface area contributed by atoms with Crippen LogP contribution in [0.4, 0.5) is 18.9 Å². The van der Waals surface area contributed by atoms with E-state index in [2.05, 4.69) is 21.2 Å². The smallest absolute Gasteiger partial charge is 0.383 e. The number of nitriles is 1. The molecule has 0 aromatic heterocycles. The van der Waals surface area contributed by atoms with E-state index in [1.54, 1.807) is 12.1 Å². The summed E-state index contributed by atoms with van der Waals surface area (Å²) in [6.07, 6.45) is -3.80. The lowest BCUT2D eigenvalue weighted by Crippen LogP contribution is -2.28. The molecule has 1 aromatic rings.